The number of carbonyl (C=O) groups is 1. The maximum atomic E-state index is 10.5. The predicted octanol–water partition coefficient (Wildman–Crippen LogP) is 1.49. The molecule has 17 heavy (non-hydrogen) atoms. The highest BCUT2D eigenvalue weighted by Crippen LogP contribution is 2.11. The fraction of sp³-hybridized carbons (Fsp3) is 0.727. The normalized spacial score (nSPS) is 11.4. The van der Waals surface area contributed by atoms with E-state index in [4.69, 9.17) is 9.63 Å². The molecule has 0 aliphatic heterocycles. The number of aromatic nitrogens is 2. The van der Waals surface area contributed by atoms with Crippen molar-refractivity contribution in [2.45, 2.75) is 39.7 Å². The molecule has 1 aromatic rings. The van der Waals surface area contributed by atoms with Gasteiger partial charge in [0.05, 0.1) is 13.0 Å². The fourth-order valence-corrected chi connectivity index (χ4v) is 1.37. The van der Waals surface area contributed by atoms with Crippen molar-refractivity contribution in [3.05, 3.63) is 11.7 Å². The summed E-state index contributed by atoms with van der Waals surface area (Å²) in [7, 11) is 0. The number of carboxylic acid groups (broad SMARTS) is 1. The summed E-state index contributed by atoms with van der Waals surface area (Å²) >= 11 is 0. The van der Waals surface area contributed by atoms with Crippen molar-refractivity contribution in [2.24, 2.45) is 0 Å². The van der Waals surface area contributed by atoms with Crippen molar-refractivity contribution in [3.63, 3.8) is 0 Å². The molecular weight excluding hydrogens is 222 g/mol. The SMILES string of the molecule is CCN(CCC(=O)O)Cc1noc(C(C)C)n1. The molecule has 0 bridgehead atoms. The molecule has 0 fully saturated rings. The van der Waals surface area contributed by atoms with E-state index >= 15 is 0 Å². The predicted molar refractivity (Wildman–Crippen MR) is 61.6 cm³/mol. The van der Waals surface area contributed by atoms with Gasteiger partial charge in [-0.25, -0.2) is 0 Å². The molecule has 0 saturated heterocycles. The molecule has 0 aliphatic carbocycles. The standard InChI is InChI=1S/C11H19N3O3/c1-4-14(6-5-10(15)16)7-9-12-11(8(2)3)17-13-9/h8H,4-7H2,1-3H3,(H,15,16). The first-order valence-corrected chi connectivity index (χ1v) is 5.79. The maximum Gasteiger partial charge on any atom is 0.304 e. The monoisotopic (exact) mass is 241 g/mol. The van der Waals surface area contributed by atoms with Gasteiger partial charge in [0.25, 0.3) is 0 Å². The summed E-state index contributed by atoms with van der Waals surface area (Å²) in [6.07, 6.45) is 0.128. The second kappa shape index (κ2) is 6.34. The average Bonchev–Trinajstić information content (AvgIpc) is 2.72. The van der Waals surface area contributed by atoms with E-state index in [0.29, 0.717) is 24.8 Å². The van der Waals surface area contributed by atoms with Crippen molar-refractivity contribution in [2.75, 3.05) is 13.1 Å². The van der Waals surface area contributed by atoms with Crippen LogP contribution in [-0.4, -0.2) is 39.2 Å². The molecular formula is C11H19N3O3. The third-order valence-electron chi connectivity index (χ3n) is 2.43. The molecule has 1 aromatic heterocycles. The second-order valence-corrected chi connectivity index (χ2v) is 4.22. The molecule has 0 unspecified atom stereocenters. The van der Waals surface area contributed by atoms with Crippen LogP contribution in [0.5, 0.6) is 0 Å². The van der Waals surface area contributed by atoms with Gasteiger partial charge in [-0.2, -0.15) is 4.98 Å². The van der Waals surface area contributed by atoms with Crippen LogP contribution in [0.4, 0.5) is 0 Å². The second-order valence-electron chi connectivity index (χ2n) is 4.22. The molecule has 0 amide bonds. The quantitative estimate of drug-likeness (QED) is 0.779. The average molecular weight is 241 g/mol. The number of hydrogen-bond acceptors (Lipinski definition) is 5. The first kappa shape index (κ1) is 13.6. The number of rotatable bonds is 7. The van der Waals surface area contributed by atoms with Gasteiger partial charge in [-0.15, -0.1) is 0 Å². The van der Waals surface area contributed by atoms with Crippen LogP contribution in [0.2, 0.25) is 0 Å². The van der Waals surface area contributed by atoms with Crippen LogP contribution >= 0.6 is 0 Å². The van der Waals surface area contributed by atoms with Gasteiger partial charge in [0.2, 0.25) is 5.89 Å². The van der Waals surface area contributed by atoms with Crippen molar-refractivity contribution in [1.29, 1.82) is 0 Å². The maximum absolute atomic E-state index is 10.5. The van der Waals surface area contributed by atoms with Gasteiger partial charge in [-0.3, -0.25) is 9.69 Å². The lowest BCUT2D eigenvalue weighted by Gasteiger charge is -2.16. The zero-order chi connectivity index (χ0) is 12.8. The lowest BCUT2D eigenvalue weighted by molar-refractivity contribution is -0.137. The first-order valence-electron chi connectivity index (χ1n) is 5.79. The van der Waals surface area contributed by atoms with Crippen molar-refractivity contribution >= 4 is 5.97 Å². The third kappa shape index (κ3) is 4.52. The van der Waals surface area contributed by atoms with E-state index in [1.165, 1.54) is 0 Å². The Hall–Kier alpha value is -1.43. The van der Waals surface area contributed by atoms with Crippen LogP contribution in [0.3, 0.4) is 0 Å². The van der Waals surface area contributed by atoms with Crippen LogP contribution in [-0.2, 0) is 11.3 Å². The Kier molecular flexibility index (Phi) is 5.09. The minimum atomic E-state index is -0.792. The highest BCUT2D eigenvalue weighted by Gasteiger charge is 2.13. The van der Waals surface area contributed by atoms with Crippen LogP contribution in [0, 0.1) is 0 Å². The van der Waals surface area contributed by atoms with E-state index in [9.17, 15) is 4.79 Å². The number of carboxylic acids is 1. The van der Waals surface area contributed by atoms with Crippen LogP contribution in [0.15, 0.2) is 4.52 Å². The summed E-state index contributed by atoms with van der Waals surface area (Å²) in [4.78, 5) is 16.7. The van der Waals surface area contributed by atoms with E-state index in [1.807, 2.05) is 25.7 Å². The van der Waals surface area contributed by atoms with E-state index in [-0.39, 0.29) is 12.3 Å². The number of hydrogen-bond donors (Lipinski definition) is 1. The van der Waals surface area contributed by atoms with Gasteiger partial charge in [0.1, 0.15) is 0 Å². The molecule has 1 rings (SSSR count). The number of nitrogens with zero attached hydrogens (tertiary/aromatic N) is 3. The zero-order valence-corrected chi connectivity index (χ0v) is 10.5. The lowest BCUT2D eigenvalue weighted by atomic mass is 10.2. The van der Waals surface area contributed by atoms with Gasteiger partial charge in [0.15, 0.2) is 5.82 Å². The molecule has 0 radical (unpaired) electrons. The highest BCUT2D eigenvalue weighted by atomic mass is 16.5. The van der Waals surface area contributed by atoms with Crippen molar-refractivity contribution in [1.82, 2.24) is 15.0 Å². The van der Waals surface area contributed by atoms with E-state index in [2.05, 4.69) is 10.1 Å². The Bertz CT molecular complexity index is 363. The number of aliphatic carboxylic acids is 1. The highest BCUT2D eigenvalue weighted by molar-refractivity contribution is 5.66. The smallest absolute Gasteiger partial charge is 0.304 e. The van der Waals surface area contributed by atoms with Crippen molar-refractivity contribution in [3.8, 4) is 0 Å². The minimum absolute atomic E-state index is 0.128. The summed E-state index contributed by atoms with van der Waals surface area (Å²) in [5.41, 5.74) is 0. The third-order valence-corrected chi connectivity index (χ3v) is 2.43. The molecule has 0 saturated carbocycles. The van der Waals surface area contributed by atoms with E-state index < -0.39 is 5.97 Å². The topological polar surface area (TPSA) is 79.5 Å². The van der Waals surface area contributed by atoms with E-state index in [1.54, 1.807) is 0 Å². The Labute approximate surface area is 101 Å². The summed E-state index contributed by atoms with van der Waals surface area (Å²) in [5, 5.41) is 12.5. The van der Waals surface area contributed by atoms with Crippen molar-refractivity contribution < 1.29 is 14.4 Å². The molecule has 1 heterocycles. The largest absolute Gasteiger partial charge is 0.481 e. The Balaban J connectivity index is 2.51. The molecule has 0 atom stereocenters. The van der Waals surface area contributed by atoms with Crippen LogP contribution in [0.25, 0.3) is 0 Å². The van der Waals surface area contributed by atoms with Crippen LogP contribution in [0.1, 0.15) is 44.8 Å². The molecule has 6 heteroatoms. The van der Waals surface area contributed by atoms with Gasteiger partial charge >= 0.3 is 5.97 Å². The Morgan fingerprint density at radius 2 is 2.24 bits per heavy atom. The summed E-state index contributed by atoms with van der Waals surface area (Å²) in [6, 6.07) is 0. The molecule has 96 valence electrons. The van der Waals surface area contributed by atoms with E-state index in [0.717, 1.165) is 6.54 Å². The molecule has 0 aromatic carbocycles. The van der Waals surface area contributed by atoms with Gasteiger partial charge in [-0.05, 0) is 6.54 Å². The summed E-state index contributed by atoms with van der Waals surface area (Å²) < 4.78 is 5.09. The minimum Gasteiger partial charge on any atom is -0.481 e. The first-order chi connectivity index (χ1) is 8.02. The van der Waals surface area contributed by atoms with Crippen LogP contribution < -0.4 is 0 Å². The fourth-order valence-electron chi connectivity index (χ4n) is 1.37. The summed E-state index contributed by atoms with van der Waals surface area (Å²) in [6.45, 7) is 7.74. The zero-order valence-electron chi connectivity index (χ0n) is 10.5. The molecule has 0 aliphatic rings. The Morgan fingerprint density at radius 1 is 1.53 bits per heavy atom. The molecule has 6 nitrogen and oxygen atoms in total. The summed E-state index contributed by atoms with van der Waals surface area (Å²) in [5.74, 6) is 0.653. The Morgan fingerprint density at radius 3 is 2.71 bits per heavy atom. The van der Waals surface area contributed by atoms with Gasteiger partial charge in [-0.1, -0.05) is 25.9 Å². The molecule has 0 spiro atoms. The van der Waals surface area contributed by atoms with Gasteiger partial charge < -0.3 is 9.63 Å². The molecule has 1 N–H and O–H groups in total. The van der Waals surface area contributed by atoms with Gasteiger partial charge in [0, 0.05) is 12.5 Å². The lowest BCUT2D eigenvalue weighted by Crippen LogP contribution is -2.26.